The summed E-state index contributed by atoms with van der Waals surface area (Å²) in [6.45, 7) is 4.54. The van der Waals surface area contributed by atoms with E-state index in [-0.39, 0.29) is 36.0 Å². The number of guanidine groups is 1. The summed E-state index contributed by atoms with van der Waals surface area (Å²) in [4.78, 5) is 15.2. The Morgan fingerprint density at radius 3 is 2.48 bits per heavy atom. The molecule has 0 aromatic heterocycles. The molecule has 130 valence electrons. The number of benzene rings is 1. The molecule has 0 amide bonds. The van der Waals surface area contributed by atoms with Crippen LogP contribution in [-0.4, -0.2) is 31.7 Å². The van der Waals surface area contributed by atoms with Crippen molar-refractivity contribution in [2.24, 2.45) is 10.7 Å². The van der Waals surface area contributed by atoms with Crippen LogP contribution < -0.4 is 15.8 Å². The van der Waals surface area contributed by atoms with Crippen LogP contribution in [0.1, 0.15) is 33.1 Å². The van der Waals surface area contributed by atoms with Crippen molar-refractivity contribution in [3.8, 4) is 5.75 Å². The molecule has 0 saturated heterocycles. The molecule has 0 atom stereocenters. The Morgan fingerprint density at radius 1 is 1.26 bits per heavy atom. The number of nitrogens with one attached hydrogen (secondary N) is 1. The molecule has 0 bridgehead atoms. The molecule has 0 radical (unpaired) electrons. The van der Waals surface area contributed by atoms with Gasteiger partial charge in [0.25, 0.3) is 0 Å². The van der Waals surface area contributed by atoms with Crippen LogP contribution in [0.5, 0.6) is 5.75 Å². The SMILES string of the molecule is COC(=O)CCCCN=C(N)Nc1ccc(OC(C)C)cc1.I. The molecule has 7 heteroatoms. The fourth-order valence-electron chi connectivity index (χ4n) is 1.76. The second kappa shape index (κ2) is 12.0. The summed E-state index contributed by atoms with van der Waals surface area (Å²) in [6, 6.07) is 7.53. The van der Waals surface area contributed by atoms with Crippen LogP contribution in [0.25, 0.3) is 0 Å². The Kier molecular flexibility index (Phi) is 11.2. The smallest absolute Gasteiger partial charge is 0.305 e. The maximum absolute atomic E-state index is 10.9. The van der Waals surface area contributed by atoms with Crippen molar-refractivity contribution in [3.05, 3.63) is 24.3 Å². The largest absolute Gasteiger partial charge is 0.491 e. The van der Waals surface area contributed by atoms with Crippen LogP contribution in [0, 0.1) is 0 Å². The van der Waals surface area contributed by atoms with Crippen molar-refractivity contribution in [2.45, 2.75) is 39.2 Å². The monoisotopic (exact) mass is 435 g/mol. The predicted molar refractivity (Wildman–Crippen MR) is 104 cm³/mol. The molecule has 1 aromatic rings. The van der Waals surface area contributed by atoms with Crippen molar-refractivity contribution < 1.29 is 14.3 Å². The number of nitrogens with zero attached hydrogens (tertiary/aromatic N) is 1. The van der Waals surface area contributed by atoms with Crippen molar-refractivity contribution in [1.82, 2.24) is 0 Å². The molecular weight excluding hydrogens is 409 g/mol. The highest BCUT2D eigenvalue weighted by Gasteiger charge is 2.00. The van der Waals surface area contributed by atoms with Gasteiger partial charge in [-0.2, -0.15) is 0 Å². The average Bonchev–Trinajstić information content (AvgIpc) is 2.48. The van der Waals surface area contributed by atoms with Gasteiger partial charge < -0.3 is 20.5 Å². The lowest BCUT2D eigenvalue weighted by Gasteiger charge is -2.10. The summed E-state index contributed by atoms with van der Waals surface area (Å²) in [5.41, 5.74) is 6.66. The van der Waals surface area contributed by atoms with Gasteiger partial charge in [-0.15, -0.1) is 24.0 Å². The molecule has 0 spiro atoms. The summed E-state index contributed by atoms with van der Waals surface area (Å²) in [7, 11) is 1.39. The van der Waals surface area contributed by atoms with Crippen molar-refractivity contribution in [3.63, 3.8) is 0 Å². The van der Waals surface area contributed by atoms with Gasteiger partial charge in [0.2, 0.25) is 0 Å². The lowest BCUT2D eigenvalue weighted by molar-refractivity contribution is -0.140. The van der Waals surface area contributed by atoms with Gasteiger partial charge in [0.05, 0.1) is 13.2 Å². The number of unbranched alkanes of at least 4 members (excludes halogenated alkanes) is 1. The zero-order valence-corrected chi connectivity index (χ0v) is 16.2. The lowest BCUT2D eigenvalue weighted by atomic mass is 10.2. The van der Waals surface area contributed by atoms with Crippen molar-refractivity contribution >= 4 is 41.6 Å². The fraction of sp³-hybridized carbons (Fsp3) is 0.500. The maximum Gasteiger partial charge on any atom is 0.305 e. The molecule has 0 unspecified atom stereocenters. The topological polar surface area (TPSA) is 85.9 Å². The minimum absolute atomic E-state index is 0. The quantitative estimate of drug-likeness (QED) is 0.216. The van der Waals surface area contributed by atoms with Crippen LogP contribution >= 0.6 is 24.0 Å². The minimum atomic E-state index is -0.196. The molecular formula is C16H26IN3O3. The first-order chi connectivity index (χ1) is 10.5. The minimum Gasteiger partial charge on any atom is -0.491 e. The van der Waals surface area contributed by atoms with Crippen LogP contribution in [0.3, 0.4) is 0 Å². The van der Waals surface area contributed by atoms with Gasteiger partial charge in [-0.1, -0.05) is 0 Å². The standard InChI is InChI=1S/C16H25N3O3.HI/c1-12(2)22-14-9-7-13(8-10-14)19-16(17)18-11-5-4-6-15(20)21-3;/h7-10,12H,4-6,11H2,1-3H3,(H3,17,18,19);1H. The van der Waals surface area contributed by atoms with E-state index in [2.05, 4.69) is 15.0 Å². The third kappa shape index (κ3) is 9.98. The highest BCUT2D eigenvalue weighted by atomic mass is 127. The van der Waals surface area contributed by atoms with Crippen LogP contribution in [-0.2, 0) is 9.53 Å². The van der Waals surface area contributed by atoms with E-state index in [1.807, 2.05) is 38.1 Å². The third-order valence-corrected chi connectivity index (χ3v) is 2.80. The number of ether oxygens (including phenoxy) is 2. The van der Waals surface area contributed by atoms with E-state index in [0.29, 0.717) is 18.9 Å². The number of hydrogen-bond donors (Lipinski definition) is 2. The number of carbonyl (C=O) groups excluding carboxylic acids is 1. The number of anilines is 1. The summed E-state index contributed by atoms with van der Waals surface area (Å²) in [5.74, 6) is 0.980. The van der Waals surface area contributed by atoms with Gasteiger partial charge in [-0.3, -0.25) is 9.79 Å². The Morgan fingerprint density at radius 2 is 1.91 bits per heavy atom. The first-order valence-corrected chi connectivity index (χ1v) is 7.41. The van der Waals surface area contributed by atoms with Crippen LogP contribution in [0.4, 0.5) is 5.69 Å². The predicted octanol–water partition coefficient (Wildman–Crippen LogP) is 3.16. The number of carbonyl (C=O) groups is 1. The van der Waals surface area contributed by atoms with Crippen LogP contribution in [0.15, 0.2) is 29.3 Å². The molecule has 1 aromatic carbocycles. The van der Waals surface area contributed by atoms with E-state index in [9.17, 15) is 4.79 Å². The molecule has 0 aliphatic rings. The highest BCUT2D eigenvalue weighted by Crippen LogP contribution is 2.16. The molecule has 0 fully saturated rings. The number of methoxy groups -OCH3 is 1. The van der Waals surface area contributed by atoms with E-state index in [1.54, 1.807) is 0 Å². The summed E-state index contributed by atoms with van der Waals surface area (Å²) in [6.07, 6.45) is 2.09. The van der Waals surface area contributed by atoms with E-state index in [1.165, 1.54) is 7.11 Å². The number of rotatable bonds is 8. The molecule has 23 heavy (non-hydrogen) atoms. The fourth-order valence-corrected chi connectivity index (χ4v) is 1.76. The Labute approximate surface area is 154 Å². The number of esters is 1. The summed E-state index contributed by atoms with van der Waals surface area (Å²) in [5, 5.41) is 3.01. The summed E-state index contributed by atoms with van der Waals surface area (Å²) < 4.78 is 10.1. The van der Waals surface area contributed by atoms with Gasteiger partial charge >= 0.3 is 5.97 Å². The lowest BCUT2D eigenvalue weighted by Crippen LogP contribution is -2.22. The molecule has 0 aliphatic heterocycles. The number of halogens is 1. The van der Waals surface area contributed by atoms with Crippen molar-refractivity contribution in [1.29, 1.82) is 0 Å². The molecule has 6 nitrogen and oxygen atoms in total. The first kappa shape index (κ1) is 21.5. The van der Waals surface area contributed by atoms with Gasteiger partial charge in [-0.25, -0.2) is 0 Å². The van der Waals surface area contributed by atoms with Gasteiger partial charge in [-0.05, 0) is 51.0 Å². The van der Waals surface area contributed by atoms with Gasteiger partial charge in [0.15, 0.2) is 5.96 Å². The second-order valence-electron chi connectivity index (χ2n) is 5.12. The average molecular weight is 435 g/mol. The van der Waals surface area contributed by atoms with E-state index in [0.717, 1.165) is 24.3 Å². The van der Waals surface area contributed by atoms with E-state index in [4.69, 9.17) is 10.5 Å². The molecule has 1 rings (SSSR count). The normalized spacial score (nSPS) is 10.9. The van der Waals surface area contributed by atoms with E-state index >= 15 is 0 Å². The zero-order chi connectivity index (χ0) is 16.4. The van der Waals surface area contributed by atoms with Crippen molar-refractivity contribution in [2.75, 3.05) is 19.0 Å². The molecule has 3 N–H and O–H groups in total. The molecule has 0 aliphatic carbocycles. The second-order valence-corrected chi connectivity index (χ2v) is 5.12. The maximum atomic E-state index is 10.9. The van der Waals surface area contributed by atoms with Crippen LogP contribution in [0.2, 0.25) is 0 Å². The third-order valence-electron chi connectivity index (χ3n) is 2.80. The molecule has 0 saturated carbocycles. The van der Waals surface area contributed by atoms with E-state index < -0.39 is 0 Å². The summed E-state index contributed by atoms with van der Waals surface area (Å²) >= 11 is 0. The van der Waals surface area contributed by atoms with Gasteiger partial charge in [0, 0.05) is 18.7 Å². The Hall–Kier alpha value is -1.51. The first-order valence-electron chi connectivity index (χ1n) is 7.41. The number of nitrogens with two attached hydrogens (primary N) is 1. The van der Waals surface area contributed by atoms with Gasteiger partial charge in [0.1, 0.15) is 5.75 Å². The Balaban J connectivity index is 0.00000484. The highest BCUT2D eigenvalue weighted by molar-refractivity contribution is 14.0. The number of hydrogen-bond acceptors (Lipinski definition) is 4. The molecule has 0 heterocycles. The number of aliphatic imine (C=N–C) groups is 1. The zero-order valence-electron chi connectivity index (χ0n) is 13.9. The Bertz CT molecular complexity index is 490.